The lowest BCUT2D eigenvalue weighted by Crippen LogP contribution is -2.31. The molecule has 2 aromatic heterocycles. The molecule has 0 aliphatic carbocycles. The summed E-state index contributed by atoms with van der Waals surface area (Å²) in [6.07, 6.45) is 0. The van der Waals surface area contributed by atoms with Crippen LogP contribution in [0.25, 0.3) is 11.2 Å². The number of anilines is 1. The molecule has 8 nitrogen and oxygen atoms in total. The molecule has 0 atom stereocenters. The largest absolute Gasteiger partial charge is 0.354 e. The molecule has 0 aliphatic heterocycles. The van der Waals surface area contributed by atoms with Gasteiger partial charge in [0.1, 0.15) is 0 Å². The number of H-pyrrole nitrogens is 1. The van der Waals surface area contributed by atoms with E-state index in [4.69, 9.17) is 5.73 Å². The Labute approximate surface area is 109 Å². The van der Waals surface area contributed by atoms with E-state index < -0.39 is 11.2 Å². The molecule has 0 radical (unpaired) electrons. The molecule has 104 valence electrons. The predicted molar refractivity (Wildman–Crippen MR) is 73.5 cm³/mol. The molecule has 2 aromatic rings. The van der Waals surface area contributed by atoms with Gasteiger partial charge >= 0.3 is 5.69 Å². The summed E-state index contributed by atoms with van der Waals surface area (Å²) in [6, 6.07) is -0.0934. The van der Waals surface area contributed by atoms with Gasteiger partial charge in [-0.15, -0.1) is 0 Å². The third-order valence-electron chi connectivity index (χ3n) is 2.90. The molecule has 2 rings (SSSR count). The highest BCUT2D eigenvalue weighted by molar-refractivity contribution is 5.74. The Bertz CT molecular complexity index is 708. The monoisotopic (exact) mass is 266 g/mol. The molecule has 4 N–H and O–H groups in total. The molecular formula is C11H18N6O2. The van der Waals surface area contributed by atoms with Crippen molar-refractivity contribution in [1.29, 1.82) is 0 Å². The van der Waals surface area contributed by atoms with Gasteiger partial charge in [-0.1, -0.05) is 0 Å². The first-order valence-electron chi connectivity index (χ1n) is 6.12. The lowest BCUT2D eigenvalue weighted by Gasteiger charge is -2.08. The van der Waals surface area contributed by atoms with Crippen LogP contribution in [0.15, 0.2) is 9.59 Å². The summed E-state index contributed by atoms with van der Waals surface area (Å²) in [7, 11) is 1.72. The Balaban J connectivity index is 2.77. The average Bonchev–Trinajstić information content (AvgIpc) is 2.63. The highest BCUT2D eigenvalue weighted by Crippen LogP contribution is 2.15. The van der Waals surface area contributed by atoms with E-state index in [1.165, 1.54) is 4.57 Å². The number of nitrogens with zero attached hydrogens (tertiary/aromatic N) is 3. The summed E-state index contributed by atoms with van der Waals surface area (Å²) in [6.45, 7) is 4.72. The molecule has 0 aliphatic rings. The van der Waals surface area contributed by atoms with E-state index in [2.05, 4.69) is 15.3 Å². The third-order valence-corrected chi connectivity index (χ3v) is 2.90. The molecule has 0 spiro atoms. The summed E-state index contributed by atoms with van der Waals surface area (Å²) >= 11 is 0. The molecule has 2 heterocycles. The average molecular weight is 266 g/mol. The van der Waals surface area contributed by atoms with Gasteiger partial charge in [0.2, 0.25) is 5.95 Å². The SMILES string of the molecule is CC(C)n1c(=O)[nH]c(=O)c2c1nc(NCCN)n2C. The quantitative estimate of drug-likeness (QED) is 0.682. The van der Waals surface area contributed by atoms with Crippen LogP contribution in [0.1, 0.15) is 19.9 Å². The van der Waals surface area contributed by atoms with Crippen molar-refractivity contribution < 1.29 is 0 Å². The Morgan fingerprint density at radius 2 is 2.11 bits per heavy atom. The fraction of sp³-hybridized carbons (Fsp3) is 0.545. The van der Waals surface area contributed by atoms with Gasteiger partial charge in [-0.05, 0) is 13.8 Å². The number of fused-ring (bicyclic) bond motifs is 1. The van der Waals surface area contributed by atoms with E-state index in [1.54, 1.807) is 11.6 Å². The molecule has 8 heteroatoms. The Kier molecular flexibility index (Phi) is 3.43. The van der Waals surface area contributed by atoms with Gasteiger partial charge in [-0.2, -0.15) is 4.98 Å². The van der Waals surface area contributed by atoms with Crippen LogP contribution in [-0.2, 0) is 7.05 Å². The van der Waals surface area contributed by atoms with Crippen molar-refractivity contribution in [3.8, 4) is 0 Å². The summed E-state index contributed by atoms with van der Waals surface area (Å²) in [5.41, 5.74) is 5.29. The molecule has 0 saturated carbocycles. The maximum absolute atomic E-state index is 11.9. The van der Waals surface area contributed by atoms with Crippen molar-refractivity contribution in [2.24, 2.45) is 12.8 Å². The van der Waals surface area contributed by atoms with Gasteiger partial charge in [0.15, 0.2) is 11.2 Å². The lowest BCUT2D eigenvalue weighted by molar-refractivity contribution is 0.580. The van der Waals surface area contributed by atoms with Crippen LogP contribution in [0.5, 0.6) is 0 Å². The topological polar surface area (TPSA) is 111 Å². The number of hydrogen-bond donors (Lipinski definition) is 3. The highest BCUT2D eigenvalue weighted by Gasteiger charge is 2.17. The van der Waals surface area contributed by atoms with E-state index in [-0.39, 0.29) is 6.04 Å². The lowest BCUT2D eigenvalue weighted by atomic mass is 10.4. The highest BCUT2D eigenvalue weighted by atomic mass is 16.2. The van der Waals surface area contributed by atoms with Gasteiger partial charge in [0.05, 0.1) is 0 Å². The van der Waals surface area contributed by atoms with Crippen molar-refractivity contribution in [1.82, 2.24) is 19.1 Å². The number of hydrogen-bond acceptors (Lipinski definition) is 5. The van der Waals surface area contributed by atoms with Gasteiger partial charge in [0, 0.05) is 26.2 Å². The molecule has 0 bridgehead atoms. The number of rotatable bonds is 4. The van der Waals surface area contributed by atoms with Gasteiger partial charge in [-0.25, -0.2) is 4.79 Å². The zero-order valence-electron chi connectivity index (χ0n) is 11.2. The van der Waals surface area contributed by atoms with Crippen LogP contribution in [0.4, 0.5) is 5.95 Å². The second-order valence-corrected chi connectivity index (χ2v) is 4.61. The maximum atomic E-state index is 11.9. The molecule has 0 fully saturated rings. The van der Waals surface area contributed by atoms with E-state index in [0.29, 0.717) is 30.2 Å². The first kappa shape index (κ1) is 13.3. The zero-order chi connectivity index (χ0) is 14.2. The van der Waals surface area contributed by atoms with Crippen molar-refractivity contribution in [3.63, 3.8) is 0 Å². The molecule has 0 unspecified atom stereocenters. The number of nitrogens with one attached hydrogen (secondary N) is 2. The van der Waals surface area contributed by atoms with Crippen molar-refractivity contribution in [2.75, 3.05) is 18.4 Å². The van der Waals surface area contributed by atoms with Gasteiger partial charge < -0.3 is 15.6 Å². The summed E-state index contributed by atoms with van der Waals surface area (Å²) in [5, 5.41) is 3.02. The fourth-order valence-electron chi connectivity index (χ4n) is 2.04. The van der Waals surface area contributed by atoms with Gasteiger partial charge in [-0.3, -0.25) is 14.3 Å². The molecule has 0 saturated heterocycles. The number of aryl methyl sites for hydroxylation is 1. The standard InChI is InChI=1S/C11H18N6O2/c1-6(2)17-8-7(9(18)15-11(17)19)16(3)10(14-8)13-5-4-12/h6H,4-5,12H2,1-3H3,(H,13,14)(H,15,18,19). The van der Waals surface area contributed by atoms with Crippen LogP contribution in [0, 0.1) is 0 Å². The van der Waals surface area contributed by atoms with Gasteiger partial charge in [0.25, 0.3) is 5.56 Å². The number of imidazole rings is 1. The zero-order valence-corrected chi connectivity index (χ0v) is 11.2. The second kappa shape index (κ2) is 4.88. The normalized spacial score (nSPS) is 11.4. The molecule has 0 aromatic carbocycles. The van der Waals surface area contributed by atoms with Crippen molar-refractivity contribution >= 4 is 17.1 Å². The summed E-state index contributed by atoms with van der Waals surface area (Å²) < 4.78 is 3.09. The Hall–Kier alpha value is -2.09. The maximum Gasteiger partial charge on any atom is 0.330 e. The predicted octanol–water partition coefficient (Wildman–Crippen LogP) is -0.625. The number of aromatic amines is 1. The summed E-state index contributed by atoms with van der Waals surface area (Å²) in [5.74, 6) is 0.519. The van der Waals surface area contributed by atoms with Crippen LogP contribution < -0.4 is 22.3 Å². The molecule has 0 amide bonds. The van der Waals surface area contributed by atoms with Crippen LogP contribution in [0.2, 0.25) is 0 Å². The minimum absolute atomic E-state index is 0.0934. The molecular weight excluding hydrogens is 248 g/mol. The van der Waals surface area contributed by atoms with Crippen LogP contribution in [-0.4, -0.2) is 32.2 Å². The number of nitrogens with two attached hydrogens (primary N) is 1. The van der Waals surface area contributed by atoms with Crippen molar-refractivity contribution in [2.45, 2.75) is 19.9 Å². The molecule has 19 heavy (non-hydrogen) atoms. The smallest absolute Gasteiger partial charge is 0.330 e. The first-order valence-corrected chi connectivity index (χ1v) is 6.12. The van der Waals surface area contributed by atoms with Crippen LogP contribution in [0.3, 0.4) is 0 Å². The minimum Gasteiger partial charge on any atom is -0.354 e. The minimum atomic E-state index is -0.448. The third kappa shape index (κ3) is 2.14. The van der Waals surface area contributed by atoms with E-state index >= 15 is 0 Å². The fourth-order valence-corrected chi connectivity index (χ4v) is 2.04. The Morgan fingerprint density at radius 1 is 1.42 bits per heavy atom. The van der Waals surface area contributed by atoms with E-state index in [0.717, 1.165) is 0 Å². The Morgan fingerprint density at radius 3 is 2.68 bits per heavy atom. The van der Waals surface area contributed by atoms with E-state index in [1.807, 2.05) is 13.8 Å². The second-order valence-electron chi connectivity index (χ2n) is 4.61. The first-order chi connectivity index (χ1) is 8.97. The summed E-state index contributed by atoms with van der Waals surface area (Å²) in [4.78, 5) is 30.4. The van der Waals surface area contributed by atoms with Crippen molar-refractivity contribution in [3.05, 3.63) is 20.8 Å². The van der Waals surface area contributed by atoms with E-state index in [9.17, 15) is 9.59 Å². The van der Waals surface area contributed by atoms with Crippen LogP contribution >= 0.6 is 0 Å². The number of aromatic nitrogens is 4.